The number of thioether (sulfide) groups is 1. The number of rotatable bonds is 4. The summed E-state index contributed by atoms with van der Waals surface area (Å²) in [6.07, 6.45) is 1.94. The van der Waals surface area contributed by atoms with Gasteiger partial charge in [0.05, 0.1) is 11.9 Å². The van der Waals surface area contributed by atoms with Crippen molar-refractivity contribution in [2.45, 2.75) is 16.6 Å². The smallest absolute Gasteiger partial charge is 0.229 e. The fraction of sp³-hybridized carbons (Fsp3) is 0.136. The summed E-state index contributed by atoms with van der Waals surface area (Å²) >= 11 is 1.83. The lowest BCUT2D eigenvalue weighted by molar-refractivity contribution is 0.607. The van der Waals surface area contributed by atoms with Gasteiger partial charge in [0.15, 0.2) is 0 Å². The van der Waals surface area contributed by atoms with Gasteiger partial charge < -0.3 is 0 Å². The Kier molecular flexibility index (Phi) is 5.24. The SMILES string of the molecule is CS(=O)(=O)Nc1ccc(C2=Nc3ccccc3SC(c3ccccc3)C2)cc1. The van der Waals surface area contributed by atoms with Crippen LogP contribution in [0.3, 0.4) is 0 Å². The Labute approximate surface area is 169 Å². The molecule has 0 fully saturated rings. The first-order valence-corrected chi connectivity index (χ1v) is 11.7. The van der Waals surface area contributed by atoms with Crippen LogP contribution in [0.25, 0.3) is 0 Å². The van der Waals surface area contributed by atoms with Crippen molar-refractivity contribution in [2.24, 2.45) is 4.99 Å². The highest BCUT2D eigenvalue weighted by atomic mass is 32.2. The van der Waals surface area contributed by atoms with Crippen molar-refractivity contribution in [1.29, 1.82) is 0 Å². The summed E-state index contributed by atoms with van der Waals surface area (Å²) < 4.78 is 25.4. The lowest BCUT2D eigenvalue weighted by Gasteiger charge is -2.16. The van der Waals surface area contributed by atoms with Crippen LogP contribution in [0.2, 0.25) is 0 Å². The monoisotopic (exact) mass is 408 g/mol. The molecule has 1 aliphatic heterocycles. The number of aliphatic imine (C=N–C) groups is 1. The van der Waals surface area contributed by atoms with E-state index in [0.717, 1.165) is 29.6 Å². The average Bonchev–Trinajstić information content (AvgIpc) is 2.88. The molecule has 0 saturated carbocycles. The van der Waals surface area contributed by atoms with Crippen LogP contribution >= 0.6 is 11.8 Å². The average molecular weight is 409 g/mol. The van der Waals surface area contributed by atoms with E-state index in [1.807, 2.05) is 48.2 Å². The highest BCUT2D eigenvalue weighted by Crippen LogP contribution is 2.45. The maximum atomic E-state index is 11.4. The maximum absolute atomic E-state index is 11.4. The Morgan fingerprint density at radius 2 is 1.61 bits per heavy atom. The molecule has 0 aliphatic carbocycles. The van der Waals surface area contributed by atoms with Crippen molar-refractivity contribution in [3.8, 4) is 0 Å². The molecular weight excluding hydrogens is 388 g/mol. The summed E-state index contributed by atoms with van der Waals surface area (Å²) in [5.41, 5.74) is 4.79. The third kappa shape index (κ3) is 4.46. The molecule has 0 aromatic heterocycles. The molecule has 6 heteroatoms. The van der Waals surface area contributed by atoms with Gasteiger partial charge in [0.1, 0.15) is 0 Å². The van der Waals surface area contributed by atoms with Crippen LogP contribution in [0, 0.1) is 0 Å². The number of benzene rings is 3. The van der Waals surface area contributed by atoms with E-state index in [4.69, 9.17) is 4.99 Å². The third-order valence-corrected chi connectivity index (χ3v) is 6.39. The Morgan fingerprint density at radius 1 is 0.929 bits per heavy atom. The van der Waals surface area contributed by atoms with Crippen LogP contribution in [-0.4, -0.2) is 20.4 Å². The number of nitrogens with zero attached hydrogens (tertiary/aromatic N) is 1. The van der Waals surface area contributed by atoms with Crippen LogP contribution in [0.1, 0.15) is 22.8 Å². The third-order valence-electron chi connectivity index (χ3n) is 4.46. The van der Waals surface area contributed by atoms with E-state index in [0.29, 0.717) is 5.69 Å². The normalized spacial score (nSPS) is 16.6. The topological polar surface area (TPSA) is 58.5 Å². The molecule has 1 N–H and O–H groups in total. The number of para-hydroxylation sites is 1. The Bertz CT molecular complexity index is 1110. The van der Waals surface area contributed by atoms with Crippen LogP contribution in [0.15, 0.2) is 88.8 Å². The van der Waals surface area contributed by atoms with E-state index in [1.54, 1.807) is 12.1 Å². The first-order chi connectivity index (χ1) is 13.5. The van der Waals surface area contributed by atoms with Gasteiger partial charge in [-0.15, -0.1) is 11.8 Å². The van der Waals surface area contributed by atoms with E-state index in [2.05, 4.69) is 35.1 Å². The van der Waals surface area contributed by atoms with Gasteiger partial charge in [0.2, 0.25) is 10.0 Å². The fourth-order valence-electron chi connectivity index (χ4n) is 3.19. The molecule has 1 unspecified atom stereocenters. The minimum absolute atomic E-state index is 0.262. The highest BCUT2D eigenvalue weighted by Gasteiger charge is 2.22. The summed E-state index contributed by atoms with van der Waals surface area (Å²) in [4.78, 5) is 6.11. The molecule has 0 bridgehead atoms. The first kappa shape index (κ1) is 18.8. The van der Waals surface area contributed by atoms with Gasteiger partial charge in [-0.1, -0.05) is 54.6 Å². The summed E-state index contributed by atoms with van der Waals surface area (Å²) in [6, 6.07) is 26.1. The zero-order chi connectivity index (χ0) is 19.6. The highest BCUT2D eigenvalue weighted by molar-refractivity contribution is 7.99. The van der Waals surface area contributed by atoms with E-state index >= 15 is 0 Å². The summed E-state index contributed by atoms with van der Waals surface area (Å²) in [6.45, 7) is 0. The summed E-state index contributed by atoms with van der Waals surface area (Å²) in [5.74, 6) is 0. The quantitative estimate of drug-likeness (QED) is 0.627. The summed E-state index contributed by atoms with van der Waals surface area (Å²) in [7, 11) is -3.29. The molecule has 0 saturated heterocycles. The van der Waals surface area contributed by atoms with Crippen LogP contribution in [0.5, 0.6) is 0 Å². The van der Waals surface area contributed by atoms with Gasteiger partial charge >= 0.3 is 0 Å². The van der Waals surface area contributed by atoms with E-state index in [9.17, 15) is 8.42 Å². The van der Waals surface area contributed by atoms with Gasteiger partial charge in [-0.2, -0.15) is 0 Å². The lowest BCUT2D eigenvalue weighted by Crippen LogP contribution is -2.10. The molecule has 0 amide bonds. The van der Waals surface area contributed by atoms with Gasteiger partial charge in [0, 0.05) is 28.0 Å². The predicted octanol–water partition coefficient (Wildman–Crippen LogP) is 5.42. The second kappa shape index (κ2) is 7.81. The van der Waals surface area contributed by atoms with Crippen molar-refractivity contribution in [3.05, 3.63) is 90.0 Å². The van der Waals surface area contributed by atoms with Crippen molar-refractivity contribution >= 4 is 38.9 Å². The molecule has 0 radical (unpaired) electrons. The van der Waals surface area contributed by atoms with Crippen LogP contribution < -0.4 is 4.72 Å². The molecule has 1 heterocycles. The Balaban J connectivity index is 1.71. The van der Waals surface area contributed by atoms with E-state index in [1.165, 1.54) is 10.5 Å². The zero-order valence-corrected chi connectivity index (χ0v) is 17.0. The minimum Gasteiger partial charge on any atom is -0.284 e. The van der Waals surface area contributed by atoms with Crippen molar-refractivity contribution < 1.29 is 8.42 Å². The van der Waals surface area contributed by atoms with Crippen LogP contribution in [-0.2, 0) is 10.0 Å². The van der Waals surface area contributed by atoms with Gasteiger partial charge in [0.25, 0.3) is 0 Å². The van der Waals surface area contributed by atoms with Crippen molar-refractivity contribution in [2.75, 3.05) is 11.0 Å². The zero-order valence-electron chi connectivity index (χ0n) is 15.4. The molecule has 4 nitrogen and oxygen atoms in total. The molecule has 3 aromatic carbocycles. The molecule has 4 rings (SSSR count). The second-order valence-corrected chi connectivity index (χ2v) is 9.69. The van der Waals surface area contributed by atoms with Crippen molar-refractivity contribution in [3.63, 3.8) is 0 Å². The minimum atomic E-state index is -3.29. The molecule has 0 spiro atoms. The number of hydrogen-bond acceptors (Lipinski definition) is 4. The molecular formula is C22H20N2O2S2. The fourth-order valence-corrected chi connectivity index (χ4v) is 4.99. The van der Waals surface area contributed by atoms with Gasteiger partial charge in [-0.05, 0) is 35.4 Å². The lowest BCUT2D eigenvalue weighted by atomic mass is 10.0. The number of hydrogen-bond donors (Lipinski definition) is 1. The van der Waals surface area contributed by atoms with E-state index < -0.39 is 10.0 Å². The van der Waals surface area contributed by atoms with E-state index in [-0.39, 0.29) is 5.25 Å². The van der Waals surface area contributed by atoms with Gasteiger partial charge in [-0.25, -0.2) is 8.42 Å². The molecule has 1 aliphatic rings. The summed E-state index contributed by atoms with van der Waals surface area (Å²) in [5, 5.41) is 0.262. The largest absolute Gasteiger partial charge is 0.284 e. The number of anilines is 1. The molecule has 3 aromatic rings. The Hall–Kier alpha value is -2.57. The second-order valence-electron chi connectivity index (χ2n) is 6.70. The molecule has 28 heavy (non-hydrogen) atoms. The van der Waals surface area contributed by atoms with Gasteiger partial charge in [-0.3, -0.25) is 9.71 Å². The van der Waals surface area contributed by atoms with Crippen LogP contribution in [0.4, 0.5) is 11.4 Å². The Morgan fingerprint density at radius 3 is 2.32 bits per heavy atom. The molecule has 1 atom stereocenters. The number of fused-ring (bicyclic) bond motifs is 1. The predicted molar refractivity (Wildman–Crippen MR) is 117 cm³/mol. The number of sulfonamides is 1. The number of nitrogens with one attached hydrogen (secondary N) is 1. The standard InChI is InChI=1S/C22H20N2O2S2/c1-28(25,26)24-18-13-11-16(12-14-18)20-15-22(17-7-3-2-4-8-17)27-21-10-6-5-9-19(21)23-20/h2-14,22,24H,15H2,1H3. The molecule has 142 valence electrons. The maximum Gasteiger partial charge on any atom is 0.229 e. The first-order valence-electron chi connectivity index (χ1n) is 8.94. The van der Waals surface area contributed by atoms with Crippen molar-refractivity contribution in [1.82, 2.24) is 0 Å².